The van der Waals surface area contributed by atoms with E-state index in [1.807, 2.05) is 24.3 Å². The average Bonchev–Trinajstić information content (AvgIpc) is 3.00. The molecule has 1 aliphatic rings. The molecule has 0 aromatic heterocycles. The molecule has 1 fully saturated rings. The first-order valence-electron chi connectivity index (χ1n) is 7.99. The van der Waals surface area contributed by atoms with E-state index < -0.39 is 17.2 Å². The molecule has 2 rings (SSSR count). The van der Waals surface area contributed by atoms with Crippen molar-refractivity contribution in [3.05, 3.63) is 34.3 Å². The fourth-order valence-corrected chi connectivity index (χ4v) is 3.47. The van der Waals surface area contributed by atoms with Gasteiger partial charge in [-0.25, -0.2) is 0 Å². The van der Waals surface area contributed by atoms with Gasteiger partial charge in [-0.1, -0.05) is 35.0 Å². The SMILES string of the molecule is CCC(=O)C(Cc1ccc(Br)cc1)(CC1(C)OCCO1)C(=O)OC. The van der Waals surface area contributed by atoms with Gasteiger partial charge in [0.25, 0.3) is 0 Å². The molecule has 1 aromatic carbocycles. The molecule has 5 nitrogen and oxygen atoms in total. The molecule has 1 heterocycles. The lowest BCUT2D eigenvalue weighted by atomic mass is 9.72. The van der Waals surface area contributed by atoms with E-state index in [-0.39, 0.29) is 25.0 Å². The number of Topliss-reactive ketones (excluding diaryl/α,β-unsaturated/α-hetero) is 1. The Morgan fingerprint density at radius 3 is 2.33 bits per heavy atom. The van der Waals surface area contributed by atoms with Gasteiger partial charge in [0.2, 0.25) is 0 Å². The van der Waals surface area contributed by atoms with Crippen molar-refractivity contribution in [1.82, 2.24) is 0 Å². The number of carbonyl (C=O) groups is 2. The molecular weight excluding hydrogens is 376 g/mol. The summed E-state index contributed by atoms with van der Waals surface area (Å²) >= 11 is 3.39. The van der Waals surface area contributed by atoms with Gasteiger partial charge >= 0.3 is 5.97 Å². The predicted octanol–water partition coefficient (Wildman–Crippen LogP) is 3.28. The minimum atomic E-state index is -1.32. The van der Waals surface area contributed by atoms with Gasteiger partial charge in [-0.3, -0.25) is 9.59 Å². The van der Waals surface area contributed by atoms with E-state index in [9.17, 15) is 9.59 Å². The molecular formula is C18H23BrO5. The van der Waals surface area contributed by atoms with E-state index in [0.717, 1.165) is 10.0 Å². The first kappa shape index (κ1) is 19.1. The monoisotopic (exact) mass is 398 g/mol. The number of benzene rings is 1. The molecule has 0 radical (unpaired) electrons. The van der Waals surface area contributed by atoms with Crippen LogP contribution in [0.15, 0.2) is 28.7 Å². The van der Waals surface area contributed by atoms with Crippen molar-refractivity contribution in [2.75, 3.05) is 20.3 Å². The van der Waals surface area contributed by atoms with Gasteiger partial charge in [0.1, 0.15) is 11.2 Å². The molecule has 1 saturated heterocycles. The van der Waals surface area contributed by atoms with Gasteiger partial charge < -0.3 is 14.2 Å². The lowest BCUT2D eigenvalue weighted by Crippen LogP contribution is -2.48. The third-order valence-electron chi connectivity index (χ3n) is 4.37. The summed E-state index contributed by atoms with van der Waals surface area (Å²) in [6, 6.07) is 7.56. The first-order valence-corrected chi connectivity index (χ1v) is 8.78. The van der Waals surface area contributed by atoms with E-state index >= 15 is 0 Å². The molecule has 1 aromatic rings. The zero-order chi connectivity index (χ0) is 17.8. The van der Waals surface area contributed by atoms with Gasteiger partial charge in [-0.15, -0.1) is 0 Å². The molecule has 0 spiro atoms. The highest BCUT2D eigenvalue weighted by Gasteiger charge is 2.52. The quantitative estimate of drug-likeness (QED) is 0.520. The maximum Gasteiger partial charge on any atom is 0.319 e. The summed E-state index contributed by atoms with van der Waals surface area (Å²) in [5, 5.41) is 0. The molecule has 1 aliphatic heterocycles. The summed E-state index contributed by atoms with van der Waals surface area (Å²) in [4.78, 5) is 25.5. The van der Waals surface area contributed by atoms with Crippen LogP contribution < -0.4 is 0 Å². The van der Waals surface area contributed by atoms with Crippen LogP contribution in [-0.2, 0) is 30.2 Å². The highest BCUT2D eigenvalue weighted by Crippen LogP contribution is 2.39. The summed E-state index contributed by atoms with van der Waals surface area (Å²) in [7, 11) is 1.31. The summed E-state index contributed by atoms with van der Waals surface area (Å²) in [6.07, 6.45) is 0.624. The smallest absolute Gasteiger partial charge is 0.319 e. The van der Waals surface area contributed by atoms with Gasteiger partial charge in [0.15, 0.2) is 5.79 Å². The summed E-state index contributed by atoms with van der Waals surface area (Å²) in [5.74, 6) is -1.68. The largest absolute Gasteiger partial charge is 0.468 e. The zero-order valence-electron chi connectivity index (χ0n) is 14.3. The van der Waals surface area contributed by atoms with Crippen molar-refractivity contribution in [2.45, 2.75) is 38.9 Å². The topological polar surface area (TPSA) is 61.8 Å². The Hall–Kier alpha value is -1.24. The standard InChI is InChI=1S/C18H23BrO5/c1-4-15(20)18(16(21)22-3,12-17(2)23-9-10-24-17)11-13-5-7-14(19)8-6-13/h5-8H,4,9-12H2,1-3H3. The lowest BCUT2D eigenvalue weighted by Gasteiger charge is -2.35. The Kier molecular flexibility index (Phi) is 6.17. The number of esters is 1. The van der Waals surface area contributed by atoms with Crippen LogP contribution in [0.3, 0.4) is 0 Å². The van der Waals surface area contributed by atoms with Gasteiger partial charge in [0, 0.05) is 17.3 Å². The molecule has 132 valence electrons. The van der Waals surface area contributed by atoms with E-state index in [2.05, 4.69) is 15.9 Å². The fourth-order valence-electron chi connectivity index (χ4n) is 3.21. The van der Waals surface area contributed by atoms with E-state index in [4.69, 9.17) is 14.2 Å². The van der Waals surface area contributed by atoms with Crippen LogP contribution in [0, 0.1) is 5.41 Å². The second-order valence-electron chi connectivity index (χ2n) is 6.16. The third kappa shape index (κ3) is 4.05. The Labute approximate surface area is 150 Å². The van der Waals surface area contributed by atoms with Crippen LogP contribution in [0.1, 0.15) is 32.3 Å². The molecule has 0 N–H and O–H groups in total. The highest BCUT2D eigenvalue weighted by atomic mass is 79.9. The number of methoxy groups -OCH3 is 1. The fraction of sp³-hybridized carbons (Fsp3) is 0.556. The number of carbonyl (C=O) groups excluding carboxylic acids is 2. The number of ether oxygens (including phenoxy) is 3. The highest BCUT2D eigenvalue weighted by molar-refractivity contribution is 9.10. The molecule has 0 bridgehead atoms. The van der Waals surface area contributed by atoms with Crippen LogP contribution >= 0.6 is 15.9 Å². The number of hydrogen-bond acceptors (Lipinski definition) is 5. The minimum absolute atomic E-state index is 0.134. The van der Waals surface area contributed by atoms with Crippen molar-refractivity contribution >= 4 is 27.7 Å². The average molecular weight is 399 g/mol. The predicted molar refractivity (Wildman–Crippen MR) is 92.5 cm³/mol. The van der Waals surface area contributed by atoms with Crippen molar-refractivity contribution in [1.29, 1.82) is 0 Å². The second kappa shape index (κ2) is 7.76. The van der Waals surface area contributed by atoms with E-state index in [0.29, 0.717) is 13.2 Å². The van der Waals surface area contributed by atoms with Crippen LogP contribution in [-0.4, -0.2) is 37.9 Å². The first-order chi connectivity index (χ1) is 11.3. The maximum absolute atomic E-state index is 12.8. The summed E-state index contributed by atoms with van der Waals surface area (Å²) in [5.41, 5.74) is -0.442. The Balaban J connectivity index is 2.42. The molecule has 1 unspecified atom stereocenters. The van der Waals surface area contributed by atoms with Crippen LogP contribution in [0.25, 0.3) is 0 Å². The number of ketones is 1. The normalized spacial score (nSPS) is 18.8. The number of rotatable bonds is 7. The number of hydrogen-bond donors (Lipinski definition) is 0. The molecule has 0 aliphatic carbocycles. The zero-order valence-corrected chi connectivity index (χ0v) is 15.9. The summed E-state index contributed by atoms with van der Waals surface area (Å²) < 4.78 is 17.3. The molecule has 24 heavy (non-hydrogen) atoms. The van der Waals surface area contributed by atoms with Crippen molar-refractivity contribution < 1.29 is 23.8 Å². The molecule has 0 amide bonds. The Bertz CT molecular complexity index is 574. The van der Waals surface area contributed by atoms with Gasteiger partial charge in [0.05, 0.1) is 20.3 Å². The van der Waals surface area contributed by atoms with Gasteiger partial charge in [-0.2, -0.15) is 0 Å². The second-order valence-corrected chi connectivity index (χ2v) is 7.08. The van der Waals surface area contributed by atoms with Crippen molar-refractivity contribution in [3.63, 3.8) is 0 Å². The molecule has 0 saturated carbocycles. The van der Waals surface area contributed by atoms with Crippen LogP contribution in [0.4, 0.5) is 0 Å². The summed E-state index contributed by atoms with van der Waals surface area (Å²) in [6.45, 7) is 4.42. The third-order valence-corrected chi connectivity index (χ3v) is 4.90. The van der Waals surface area contributed by atoms with Crippen LogP contribution in [0.2, 0.25) is 0 Å². The maximum atomic E-state index is 12.8. The van der Waals surface area contributed by atoms with Gasteiger partial charge in [-0.05, 0) is 31.0 Å². The minimum Gasteiger partial charge on any atom is -0.468 e. The molecule has 1 atom stereocenters. The number of halogens is 1. The Morgan fingerprint density at radius 2 is 1.83 bits per heavy atom. The van der Waals surface area contributed by atoms with E-state index in [1.165, 1.54) is 7.11 Å². The van der Waals surface area contributed by atoms with E-state index in [1.54, 1.807) is 13.8 Å². The molecule has 6 heteroatoms. The van der Waals surface area contributed by atoms with Crippen LogP contribution in [0.5, 0.6) is 0 Å². The Morgan fingerprint density at radius 1 is 1.25 bits per heavy atom. The van der Waals surface area contributed by atoms with Crippen molar-refractivity contribution in [2.24, 2.45) is 5.41 Å². The van der Waals surface area contributed by atoms with Crippen molar-refractivity contribution in [3.8, 4) is 0 Å². The lowest BCUT2D eigenvalue weighted by molar-refractivity contribution is -0.186.